The van der Waals surface area contributed by atoms with E-state index in [1.165, 1.54) is 24.8 Å². The summed E-state index contributed by atoms with van der Waals surface area (Å²) in [7, 11) is 1.83. The molecular formula is C19H32N4O2. The molecule has 1 aromatic heterocycles. The van der Waals surface area contributed by atoms with Crippen molar-refractivity contribution in [1.29, 1.82) is 0 Å². The standard InChI is InChI=1S/C19H32N4O2/c1-5-14-13(15(6-2)25-23-14)12-21-18(20-4)22-16-11-17(24-7-3)19(16)9-8-10-19/h16-17H,5-12H2,1-4H3,(H2,20,21,22). The minimum atomic E-state index is 0.327. The molecule has 140 valence electrons. The van der Waals surface area contributed by atoms with Gasteiger partial charge in [-0.15, -0.1) is 0 Å². The van der Waals surface area contributed by atoms with Gasteiger partial charge >= 0.3 is 0 Å². The molecule has 0 bridgehead atoms. The summed E-state index contributed by atoms with van der Waals surface area (Å²) >= 11 is 0. The molecule has 6 heteroatoms. The summed E-state index contributed by atoms with van der Waals surface area (Å²) in [5.41, 5.74) is 2.54. The van der Waals surface area contributed by atoms with Gasteiger partial charge in [-0.05, 0) is 32.6 Å². The number of hydrogen-bond acceptors (Lipinski definition) is 4. The first-order valence-corrected chi connectivity index (χ1v) is 9.73. The van der Waals surface area contributed by atoms with Gasteiger partial charge < -0.3 is 19.9 Å². The molecule has 2 saturated carbocycles. The number of nitrogens with zero attached hydrogens (tertiary/aromatic N) is 2. The molecule has 2 atom stereocenters. The lowest BCUT2D eigenvalue weighted by Crippen LogP contribution is -2.68. The van der Waals surface area contributed by atoms with Gasteiger partial charge in [0.1, 0.15) is 5.76 Å². The minimum absolute atomic E-state index is 0.327. The van der Waals surface area contributed by atoms with E-state index < -0.39 is 0 Å². The van der Waals surface area contributed by atoms with E-state index in [0.717, 1.165) is 43.3 Å². The van der Waals surface area contributed by atoms with Crippen molar-refractivity contribution in [2.45, 2.75) is 78.0 Å². The molecule has 6 nitrogen and oxygen atoms in total. The van der Waals surface area contributed by atoms with Crippen LogP contribution in [0.25, 0.3) is 0 Å². The summed E-state index contributed by atoms with van der Waals surface area (Å²) in [6.45, 7) is 7.79. The Bertz CT molecular complexity index is 585. The molecule has 1 spiro atoms. The van der Waals surface area contributed by atoms with E-state index in [4.69, 9.17) is 9.26 Å². The number of aliphatic imine (C=N–C) groups is 1. The quantitative estimate of drug-likeness (QED) is 0.586. The van der Waals surface area contributed by atoms with Crippen LogP contribution >= 0.6 is 0 Å². The maximum atomic E-state index is 5.94. The van der Waals surface area contributed by atoms with Crippen molar-refractivity contribution in [2.75, 3.05) is 13.7 Å². The molecule has 2 fully saturated rings. The van der Waals surface area contributed by atoms with Gasteiger partial charge in [0.2, 0.25) is 0 Å². The van der Waals surface area contributed by atoms with E-state index in [2.05, 4.69) is 41.6 Å². The van der Waals surface area contributed by atoms with Crippen LogP contribution in [0, 0.1) is 5.41 Å². The van der Waals surface area contributed by atoms with Gasteiger partial charge in [-0.2, -0.15) is 0 Å². The highest BCUT2D eigenvalue weighted by Crippen LogP contribution is 2.57. The predicted octanol–water partition coefficient (Wildman–Crippen LogP) is 2.81. The Kier molecular flexibility index (Phi) is 5.67. The van der Waals surface area contributed by atoms with Crippen molar-refractivity contribution in [3.8, 4) is 0 Å². The van der Waals surface area contributed by atoms with Crippen molar-refractivity contribution in [1.82, 2.24) is 15.8 Å². The molecule has 0 aliphatic heterocycles. The Labute approximate surface area is 150 Å². The molecular weight excluding hydrogens is 316 g/mol. The maximum absolute atomic E-state index is 5.94. The first-order valence-electron chi connectivity index (χ1n) is 9.73. The van der Waals surface area contributed by atoms with E-state index in [-0.39, 0.29) is 0 Å². The second kappa shape index (κ2) is 7.77. The Morgan fingerprint density at radius 2 is 2.12 bits per heavy atom. The molecule has 0 aromatic carbocycles. The van der Waals surface area contributed by atoms with Gasteiger partial charge in [-0.3, -0.25) is 4.99 Å². The Hall–Kier alpha value is -1.56. The van der Waals surface area contributed by atoms with Crippen molar-refractivity contribution in [2.24, 2.45) is 10.4 Å². The predicted molar refractivity (Wildman–Crippen MR) is 98.7 cm³/mol. The fraction of sp³-hybridized carbons (Fsp3) is 0.789. The first kappa shape index (κ1) is 18.2. The number of ether oxygens (including phenoxy) is 1. The largest absolute Gasteiger partial charge is 0.378 e. The highest BCUT2D eigenvalue weighted by molar-refractivity contribution is 5.80. The third kappa shape index (κ3) is 3.28. The molecule has 3 rings (SSSR count). The van der Waals surface area contributed by atoms with E-state index in [1.54, 1.807) is 0 Å². The lowest BCUT2D eigenvalue weighted by Gasteiger charge is -2.61. The van der Waals surface area contributed by atoms with Crippen LogP contribution in [0.1, 0.15) is 63.5 Å². The molecule has 0 saturated heterocycles. The molecule has 2 aliphatic rings. The lowest BCUT2D eigenvalue weighted by atomic mass is 9.51. The zero-order valence-electron chi connectivity index (χ0n) is 16.0. The highest BCUT2D eigenvalue weighted by Gasteiger charge is 2.59. The normalized spacial score (nSPS) is 24.7. The van der Waals surface area contributed by atoms with Crippen LogP contribution in [0.3, 0.4) is 0 Å². The van der Waals surface area contributed by atoms with Gasteiger partial charge in [0.15, 0.2) is 5.96 Å². The van der Waals surface area contributed by atoms with Crippen LogP contribution in [-0.2, 0) is 24.1 Å². The van der Waals surface area contributed by atoms with E-state index >= 15 is 0 Å². The summed E-state index contributed by atoms with van der Waals surface area (Å²) in [6.07, 6.45) is 7.07. The van der Waals surface area contributed by atoms with E-state index in [1.807, 2.05) is 7.05 Å². The molecule has 25 heavy (non-hydrogen) atoms. The average molecular weight is 348 g/mol. The summed E-state index contributed by atoms with van der Waals surface area (Å²) in [5, 5.41) is 11.3. The summed E-state index contributed by atoms with van der Waals surface area (Å²) < 4.78 is 11.4. The first-order chi connectivity index (χ1) is 12.2. The lowest BCUT2D eigenvalue weighted by molar-refractivity contribution is -0.168. The van der Waals surface area contributed by atoms with Gasteiger partial charge in [-0.1, -0.05) is 25.4 Å². The Balaban J connectivity index is 1.59. The average Bonchev–Trinajstić information content (AvgIpc) is 2.97. The number of hydrogen-bond donors (Lipinski definition) is 2. The van der Waals surface area contributed by atoms with Crippen LogP contribution in [-0.4, -0.2) is 36.9 Å². The highest BCUT2D eigenvalue weighted by atomic mass is 16.5. The number of aryl methyl sites for hydroxylation is 2. The van der Waals surface area contributed by atoms with Crippen LogP contribution in [0.5, 0.6) is 0 Å². The van der Waals surface area contributed by atoms with Crippen molar-refractivity contribution in [3.05, 3.63) is 17.0 Å². The van der Waals surface area contributed by atoms with Gasteiger partial charge in [0.25, 0.3) is 0 Å². The zero-order chi connectivity index (χ0) is 17.9. The third-order valence-electron chi connectivity index (χ3n) is 6.01. The van der Waals surface area contributed by atoms with Crippen LogP contribution in [0.4, 0.5) is 0 Å². The molecule has 1 aromatic rings. The Morgan fingerprint density at radius 1 is 1.32 bits per heavy atom. The number of guanidine groups is 1. The molecule has 2 aliphatic carbocycles. The van der Waals surface area contributed by atoms with Crippen molar-refractivity contribution in [3.63, 3.8) is 0 Å². The topological polar surface area (TPSA) is 71.7 Å². The summed E-state index contributed by atoms with van der Waals surface area (Å²) in [5.74, 6) is 1.83. The SMILES string of the molecule is CCOC1CC(NC(=NC)NCc2c(CC)noc2CC)C12CCC2. The minimum Gasteiger partial charge on any atom is -0.378 e. The second-order valence-electron chi connectivity index (χ2n) is 7.13. The molecule has 2 N–H and O–H groups in total. The van der Waals surface area contributed by atoms with Gasteiger partial charge in [0, 0.05) is 43.6 Å². The van der Waals surface area contributed by atoms with Crippen molar-refractivity contribution >= 4 is 5.96 Å². The smallest absolute Gasteiger partial charge is 0.191 e. The summed E-state index contributed by atoms with van der Waals surface area (Å²) in [4.78, 5) is 4.42. The van der Waals surface area contributed by atoms with E-state index in [9.17, 15) is 0 Å². The van der Waals surface area contributed by atoms with Crippen LogP contribution in [0.15, 0.2) is 9.52 Å². The van der Waals surface area contributed by atoms with Gasteiger partial charge in [0.05, 0.1) is 11.8 Å². The van der Waals surface area contributed by atoms with Crippen LogP contribution < -0.4 is 10.6 Å². The third-order valence-corrected chi connectivity index (χ3v) is 6.01. The fourth-order valence-electron chi connectivity index (χ4n) is 4.31. The monoisotopic (exact) mass is 348 g/mol. The molecule has 2 unspecified atom stereocenters. The second-order valence-corrected chi connectivity index (χ2v) is 7.13. The number of rotatable bonds is 7. The van der Waals surface area contributed by atoms with Crippen molar-refractivity contribution < 1.29 is 9.26 Å². The number of aromatic nitrogens is 1. The van der Waals surface area contributed by atoms with E-state index in [0.29, 0.717) is 24.1 Å². The zero-order valence-corrected chi connectivity index (χ0v) is 16.0. The Morgan fingerprint density at radius 3 is 2.68 bits per heavy atom. The van der Waals surface area contributed by atoms with Crippen LogP contribution in [0.2, 0.25) is 0 Å². The maximum Gasteiger partial charge on any atom is 0.191 e. The molecule has 0 radical (unpaired) electrons. The fourth-order valence-corrected chi connectivity index (χ4v) is 4.31. The number of nitrogens with one attached hydrogen (secondary N) is 2. The van der Waals surface area contributed by atoms with Gasteiger partial charge in [-0.25, -0.2) is 0 Å². The summed E-state index contributed by atoms with van der Waals surface area (Å²) in [6, 6.07) is 0.461. The molecule has 0 amide bonds. The molecule has 1 heterocycles.